The Hall–Kier alpha value is -1.57. The Bertz CT molecular complexity index is 855. The Labute approximate surface area is 140 Å². The lowest BCUT2D eigenvalue weighted by Gasteiger charge is -2.28. The van der Waals surface area contributed by atoms with Crippen molar-refractivity contribution in [3.8, 4) is 0 Å². The van der Waals surface area contributed by atoms with E-state index in [4.69, 9.17) is 11.6 Å². The van der Waals surface area contributed by atoms with Crippen molar-refractivity contribution in [2.24, 2.45) is 0 Å². The summed E-state index contributed by atoms with van der Waals surface area (Å²) in [6, 6.07) is 1.86. The highest BCUT2D eigenvalue weighted by atomic mass is 35.5. The second-order valence-corrected chi connectivity index (χ2v) is 8.09. The Morgan fingerprint density at radius 3 is 2.78 bits per heavy atom. The Balaban J connectivity index is 1.78. The van der Waals surface area contributed by atoms with Crippen LogP contribution in [0.5, 0.6) is 0 Å². The maximum atomic E-state index is 11.5. The minimum absolute atomic E-state index is 0.0950. The van der Waals surface area contributed by atoms with E-state index >= 15 is 0 Å². The van der Waals surface area contributed by atoms with Crippen molar-refractivity contribution in [2.45, 2.75) is 31.6 Å². The largest absolute Gasteiger partial charge is 0.294 e. The molecule has 0 unspecified atom stereocenters. The van der Waals surface area contributed by atoms with Gasteiger partial charge in [-0.15, -0.1) is 0 Å². The first kappa shape index (κ1) is 16.3. The van der Waals surface area contributed by atoms with E-state index in [-0.39, 0.29) is 5.16 Å². The number of pyridine rings is 1. The lowest BCUT2D eigenvalue weighted by molar-refractivity contribution is 0.241. The molecule has 0 saturated carbocycles. The second-order valence-electron chi connectivity index (χ2n) is 5.79. The van der Waals surface area contributed by atoms with Crippen molar-refractivity contribution in [1.82, 2.24) is 19.9 Å². The molecular weight excluding hydrogens is 336 g/mol. The highest BCUT2D eigenvalue weighted by Crippen LogP contribution is 2.21. The molecule has 0 bridgehead atoms. The smallest absolute Gasteiger partial charge is 0.246 e. The van der Waals surface area contributed by atoms with Crippen LogP contribution in [0.2, 0.25) is 5.15 Å². The van der Waals surface area contributed by atoms with Gasteiger partial charge in [0.15, 0.2) is 0 Å². The molecule has 3 rings (SSSR count). The quantitative estimate of drug-likeness (QED) is 0.619. The van der Waals surface area contributed by atoms with Gasteiger partial charge < -0.3 is 0 Å². The number of hydrogen-bond acceptors (Lipinski definition) is 6. The van der Waals surface area contributed by atoms with Gasteiger partial charge in [0.1, 0.15) is 5.15 Å². The van der Waals surface area contributed by atoms with Gasteiger partial charge in [-0.1, -0.05) is 11.6 Å². The van der Waals surface area contributed by atoms with Crippen LogP contribution in [0.1, 0.15) is 22.4 Å². The number of sulfone groups is 1. The molecule has 23 heavy (non-hydrogen) atoms. The summed E-state index contributed by atoms with van der Waals surface area (Å²) in [5.74, 6) is 0. The molecule has 0 radical (unpaired) electrons. The van der Waals surface area contributed by atoms with Crippen LogP contribution in [-0.4, -0.2) is 41.1 Å². The average Bonchev–Trinajstić information content (AvgIpc) is 2.48. The summed E-state index contributed by atoms with van der Waals surface area (Å²) in [4.78, 5) is 14.6. The number of fused-ring (bicyclic) bond motifs is 1. The third-order valence-corrected chi connectivity index (χ3v) is 4.97. The van der Waals surface area contributed by atoms with E-state index in [0.29, 0.717) is 18.1 Å². The summed E-state index contributed by atoms with van der Waals surface area (Å²) < 4.78 is 23.1. The second kappa shape index (κ2) is 6.14. The van der Waals surface area contributed by atoms with Crippen molar-refractivity contribution >= 4 is 21.4 Å². The van der Waals surface area contributed by atoms with Gasteiger partial charge in [0.25, 0.3) is 0 Å². The van der Waals surface area contributed by atoms with Gasteiger partial charge in [0, 0.05) is 50.3 Å². The first-order valence-electron chi connectivity index (χ1n) is 7.21. The van der Waals surface area contributed by atoms with Gasteiger partial charge in [-0.3, -0.25) is 4.90 Å². The van der Waals surface area contributed by atoms with E-state index in [1.165, 1.54) is 0 Å². The van der Waals surface area contributed by atoms with E-state index in [9.17, 15) is 8.42 Å². The van der Waals surface area contributed by atoms with Crippen LogP contribution in [0.15, 0.2) is 23.6 Å². The molecule has 0 amide bonds. The number of rotatable bonds is 3. The van der Waals surface area contributed by atoms with Crippen molar-refractivity contribution in [1.29, 1.82) is 0 Å². The van der Waals surface area contributed by atoms with E-state index in [2.05, 4.69) is 19.9 Å². The summed E-state index contributed by atoms with van der Waals surface area (Å²) in [6.07, 6.45) is 5.26. The molecule has 0 spiro atoms. The van der Waals surface area contributed by atoms with Crippen molar-refractivity contribution in [3.63, 3.8) is 0 Å². The Kier molecular flexibility index (Phi) is 4.35. The summed E-state index contributed by atoms with van der Waals surface area (Å²) in [7, 11) is -3.36. The predicted molar refractivity (Wildman–Crippen MR) is 86.9 cm³/mol. The minimum atomic E-state index is -3.36. The molecule has 8 heteroatoms. The molecule has 122 valence electrons. The standard InChI is InChI=1S/C15H17ClN4O2S/c1-10-5-14(16)17-6-11(10)8-20-4-3-13-12(9-20)7-18-15(19-13)23(2,21)22/h5-7H,3-4,8-9H2,1-2H3. The zero-order valence-electron chi connectivity index (χ0n) is 13.0. The maximum Gasteiger partial charge on any atom is 0.246 e. The fourth-order valence-corrected chi connectivity index (χ4v) is 3.36. The van der Waals surface area contributed by atoms with E-state index in [1.807, 2.05) is 13.0 Å². The van der Waals surface area contributed by atoms with Crippen LogP contribution in [-0.2, 0) is 29.3 Å². The molecule has 2 aromatic rings. The van der Waals surface area contributed by atoms with Crippen molar-refractivity contribution in [3.05, 3.63) is 46.0 Å². The molecule has 0 N–H and O–H groups in total. The van der Waals surface area contributed by atoms with Crippen molar-refractivity contribution in [2.75, 3.05) is 12.8 Å². The van der Waals surface area contributed by atoms with Crippen LogP contribution in [0.3, 0.4) is 0 Å². The van der Waals surface area contributed by atoms with Gasteiger partial charge in [-0.2, -0.15) is 0 Å². The fourth-order valence-electron chi connectivity index (χ4n) is 2.63. The van der Waals surface area contributed by atoms with E-state index < -0.39 is 9.84 Å². The van der Waals surface area contributed by atoms with Gasteiger partial charge in [0.2, 0.25) is 15.0 Å². The predicted octanol–water partition coefficient (Wildman–Crippen LogP) is 1.80. The minimum Gasteiger partial charge on any atom is -0.294 e. The lowest BCUT2D eigenvalue weighted by atomic mass is 10.1. The van der Waals surface area contributed by atoms with Crippen molar-refractivity contribution < 1.29 is 8.42 Å². The van der Waals surface area contributed by atoms with Crippen LogP contribution in [0.4, 0.5) is 0 Å². The van der Waals surface area contributed by atoms with E-state index in [1.54, 1.807) is 12.4 Å². The molecule has 2 aromatic heterocycles. The lowest BCUT2D eigenvalue weighted by Crippen LogP contribution is -2.31. The molecule has 1 aliphatic rings. The fraction of sp³-hybridized carbons (Fsp3) is 0.400. The van der Waals surface area contributed by atoms with Gasteiger partial charge in [-0.25, -0.2) is 23.4 Å². The number of halogens is 1. The first-order chi connectivity index (χ1) is 10.8. The van der Waals surface area contributed by atoms with Gasteiger partial charge >= 0.3 is 0 Å². The molecule has 0 aromatic carbocycles. The van der Waals surface area contributed by atoms with Gasteiger partial charge in [0.05, 0.1) is 5.69 Å². The SMILES string of the molecule is Cc1cc(Cl)ncc1CN1CCc2nc(S(C)(=O)=O)ncc2C1. The van der Waals surface area contributed by atoms with Crippen LogP contribution < -0.4 is 0 Å². The number of aromatic nitrogens is 3. The van der Waals surface area contributed by atoms with Crippen LogP contribution in [0, 0.1) is 6.92 Å². The topological polar surface area (TPSA) is 76.1 Å². The zero-order chi connectivity index (χ0) is 16.6. The van der Waals surface area contributed by atoms with Crippen LogP contribution in [0.25, 0.3) is 0 Å². The molecule has 1 aliphatic heterocycles. The molecule has 0 aliphatic carbocycles. The zero-order valence-corrected chi connectivity index (χ0v) is 14.5. The monoisotopic (exact) mass is 352 g/mol. The van der Waals surface area contributed by atoms with Crippen LogP contribution >= 0.6 is 11.6 Å². The molecular formula is C15H17ClN4O2S. The molecule has 6 nitrogen and oxygen atoms in total. The maximum absolute atomic E-state index is 11.5. The number of hydrogen-bond donors (Lipinski definition) is 0. The summed E-state index contributed by atoms with van der Waals surface area (Å²) in [5.41, 5.74) is 4.04. The Morgan fingerprint density at radius 2 is 2.09 bits per heavy atom. The highest BCUT2D eigenvalue weighted by Gasteiger charge is 2.21. The number of nitrogens with zero attached hydrogens (tertiary/aromatic N) is 4. The third kappa shape index (κ3) is 3.68. The first-order valence-corrected chi connectivity index (χ1v) is 9.48. The van der Waals surface area contributed by atoms with Gasteiger partial charge in [-0.05, 0) is 24.1 Å². The van der Waals surface area contributed by atoms with E-state index in [0.717, 1.165) is 41.7 Å². The number of aryl methyl sites for hydroxylation is 1. The normalized spacial score (nSPS) is 15.4. The summed E-state index contributed by atoms with van der Waals surface area (Å²) in [6.45, 7) is 4.29. The molecule has 3 heterocycles. The third-order valence-electron chi connectivity index (χ3n) is 3.90. The molecule has 0 fully saturated rings. The highest BCUT2D eigenvalue weighted by molar-refractivity contribution is 7.90. The molecule has 0 atom stereocenters. The Morgan fingerprint density at radius 1 is 1.30 bits per heavy atom. The summed E-state index contributed by atoms with van der Waals surface area (Å²) in [5, 5.41) is 0.402. The average molecular weight is 353 g/mol. The summed E-state index contributed by atoms with van der Waals surface area (Å²) >= 11 is 5.89. The molecule has 0 saturated heterocycles.